The van der Waals surface area contributed by atoms with E-state index in [0.717, 1.165) is 5.56 Å². The van der Waals surface area contributed by atoms with Crippen molar-refractivity contribution in [3.8, 4) is 17.2 Å². The minimum absolute atomic E-state index is 0.0104. The van der Waals surface area contributed by atoms with Gasteiger partial charge in [0.15, 0.2) is 17.8 Å². The molecule has 15 heteroatoms. The van der Waals surface area contributed by atoms with Gasteiger partial charge in [0.1, 0.15) is 18.5 Å². The smallest absolute Gasteiger partial charge is 0.407 e. The third kappa shape index (κ3) is 8.21. The van der Waals surface area contributed by atoms with Gasteiger partial charge in [-0.05, 0) is 54.7 Å². The molecule has 2 N–H and O–H groups in total. The summed E-state index contributed by atoms with van der Waals surface area (Å²) >= 11 is 0. The Morgan fingerprint density at radius 2 is 1.94 bits per heavy atom. The summed E-state index contributed by atoms with van der Waals surface area (Å²) < 4.78 is 64.3. The van der Waals surface area contributed by atoms with Gasteiger partial charge in [-0.25, -0.2) is 13.2 Å². The van der Waals surface area contributed by atoms with E-state index >= 15 is 0 Å². The van der Waals surface area contributed by atoms with Crippen LogP contribution in [0.4, 0.5) is 4.79 Å². The molecule has 1 amide bonds. The Balaban J connectivity index is 1.17. The highest BCUT2D eigenvalue weighted by atomic mass is 32.2. The first kappa shape index (κ1) is 34.0. The molecule has 2 fully saturated rings. The summed E-state index contributed by atoms with van der Waals surface area (Å²) in [6, 6.07) is 12.7. The second-order valence-corrected chi connectivity index (χ2v) is 14.4. The number of carbonyl (C=O) groups excluding carboxylic acids is 1. The van der Waals surface area contributed by atoms with Gasteiger partial charge >= 0.3 is 6.09 Å². The largest absolute Gasteiger partial charge is 0.492 e. The van der Waals surface area contributed by atoms with Gasteiger partial charge in [0.2, 0.25) is 16.8 Å². The Labute approximate surface area is 279 Å². The van der Waals surface area contributed by atoms with Gasteiger partial charge in [-0.3, -0.25) is 4.68 Å². The van der Waals surface area contributed by atoms with Crippen LogP contribution in [0.1, 0.15) is 25.8 Å². The Morgan fingerprint density at radius 3 is 2.71 bits per heavy atom. The summed E-state index contributed by atoms with van der Waals surface area (Å²) in [6.07, 6.45) is 1.57. The number of nitrogens with zero attached hydrogens (tertiary/aromatic N) is 3. The molecule has 14 nitrogen and oxygen atoms in total. The van der Waals surface area contributed by atoms with Crippen LogP contribution in [0, 0.1) is 11.8 Å². The van der Waals surface area contributed by atoms with Crippen LogP contribution >= 0.6 is 0 Å². The summed E-state index contributed by atoms with van der Waals surface area (Å²) in [5.41, 5.74) is 0.793. The Kier molecular flexibility index (Phi) is 10.7. The van der Waals surface area contributed by atoms with Crippen molar-refractivity contribution in [2.24, 2.45) is 11.8 Å². The van der Waals surface area contributed by atoms with Crippen LogP contribution in [-0.2, 0) is 37.2 Å². The fraction of sp³-hybridized carbons (Fsp3) is 0.515. The van der Waals surface area contributed by atoms with Crippen LogP contribution < -0.4 is 19.5 Å². The summed E-state index contributed by atoms with van der Waals surface area (Å²) in [4.78, 5) is 13.2. The summed E-state index contributed by atoms with van der Waals surface area (Å²) in [6.45, 7) is 5.43. The van der Waals surface area contributed by atoms with Crippen LogP contribution in [0.15, 0.2) is 65.8 Å². The molecule has 260 valence electrons. The van der Waals surface area contributed by atoms with Crippen molar-refractivity contribution in [1.29, 1.82) is 0 Å². The van der Waals surface area contributed by atoms with Gasteiger partial charge in [0.25, 0.3) is 0 Å². The summed E-state index contributed by atoms with van der Waals surface area (Å²) in [7, 11) is -4.07. The molecule has 2 aromatic carbocycles. The molecule has 3 aliphatic heterocycles. The molecule has 0 spiro atoms. The minimum atomic E-state index is -4.07. The first-order valence-corrected chi connectivity index (χ1v) is 17.6. The summed E-state index contributed by atoms with van der Waals surface area (Å²) in [5, 5.41) is 18.6. The zero-order valence-corrected chi connectivity index (χ0v) is 27.8. The molecule has 0 radical (unpaired) electrons. The first-order valence-electron chi connectivity index (χ1n) is 16.1. The number of rotatable bonds is 15. The average molecular weight is 687 g/mol. The number of sulfonamides is 1. The maximum atomic E-state index is 13.9. The zero-order valence-electron chi connectivity index (χ0n) is 27.0. The zero-order chi connectivity index (χ0) is 33.7. The van der Waals surface area contributed by atoms with Crippen LogP contribution in [0.3, 0.4) is 0 Å². The summed E-state index contributed by atoms with van der Waals surface area (Å²) in [5.74, 6) is 1.34. The Hall–Kier alpha value is -3.89. The molecule has 5 atom stereocenters. The molecular formula is C33H42N4O10S. The number of aromatic nitrogens is 2. The number of amides is 1. The fourth-order valence-electron chi connectivity index (χ4n) is 6.02. The lowest BCUT2D eigenvalue weighted by molar-refractivity contribution is -0.0907. The van der Waals surface area contributed by atoms with E-state index in [1.165, 1.54) is 16.4 Å². The molecule has 2 saturated heterocycles. The molecule has 6 rings (SSSR count). The topological polar surface area (TPSA) is 160 Å². The van der Waals surface area contributed by atoms with Gasteiger partial charge in [-0.15, -0.1) is 0 Å². The van der Waals surface area contributed by atoms with Crippen LogP contribution in [0.25, 0.3) is 0 Å². The monoisotopic (exact) mass is 686 g/mol. The maximum absolute atomic E-state index is 13.9. The third-order valence-corrected chi connectivity index (χ3v) is 10.3. The van der Waals surface area contributed by atoms with Crippen molar-refractivity contribution < 1.29 is 46.7 Å². The van der Waals surface area contributed by atoms with Crippen molar-refractivity contribution in [2.45, 2.75) is 62.7 Å². The standard InChI is InChI=1S/C33H42N4O10S/c1-22(2)18-37(48(40,41)25-8-9-29-30(17-25)46-21-45-29)19-28(38)27(35-33(39)47-31-20-44-32-26(31)10-14-43-32)16-23-4-6-24(7-5-23)42-15-13-36-12-3-11-34-36/h3-9,11-12,17,22,26-28,31-32,38H,10,13-16,18-21H2,1-2H3,(H,35,39). The molecule has 1 aromatic heterocycles. The third-order valence-electron chi connectivity index (χ3n) is 8.48. The first-order chi connectivity index (χ1) is 23.2. The van der Waals surface area contributed by atoms with Crippen molar-refractivity contribution in [2.75, 3.05) is 39.7 Å². The number of aliphatic hydroxyl groups excluding tert-OH is 1. The number of fused-ring (bicyclic) bond motifs is 2. The lowest BCUT2D eigenvalue weighted by atomic mass is 10.0. The number of alkyl carbamates (subject to hydrolysis) is 1. The van der Waals surface area contributed by atoms with E-state index in [0.29, 0.717) is 43.4 Å². The van der Waals surface area contributed by atoms with Gasteiger partial charge in [0.05, 0.1) is 42.7 Å². The second kappa shape index (κ2) is 15.1. The van der Waals surface area contributed by atoms with Gasteiger partial charge < -0.3 is 38.8 Å². The van der Waals surface area contributed by atoms with Crippen molar-refractivity contribution in [3.05, 3.63) is 66.5 Å². The predicted molar refractivity (Wildman–Crippen MR) is 171 cm³/mol. The molecule has 48 heavy (non-hydrogen) atoms. The van der Waals surface area contributed by atoms with E-state index in [1.807, 2.05) is 50.4 Å². The lowest BCUT2D eigenvalue weighted by Crippen LogP contribution is -2.51. The van der Waals surface area contributed by atoms with Crippen LogP contribution in [0.5, 0.6) is 17.2 Å². The molecule has 4 heterocycles. The van der Waals surface area contributed by atoms with E-state index in [2.05, 4.69) is 10.4 Å². The van der Waals surface area contributed by atoms with Gasteiger partial charge in [-0.2, -0.15) is 9.40 Å². The second-order valence-electron chi connectivity index (χ2n) is 12.5. The Bertz CT molecular complexity index is 1620. The molecule has 0 bridgehead atoms. The average Bonchev–Trinajstić information content (AvgIpc) is 3.88. The van der Waals surface area contributed by atoms with Gasteiger partial charge in [0, 0.05) is 31.5 Å². The number of nitrogens with one attached hydrogen (secondary N) is 1. The molecule has 3 aliphatic rings. The highest BCUT2D eigenvalue weighted by Gasteiger charge is 2.44. The quantitative estimate of drug-likeness (QED) is 0.242. The number of aliphatic hydroxyl groups is 1. The Morgan fingerprint density at radius 1 is 1.12 bits per heavy atom. The van der Waals surface area contributed by atoms with E-state index in [1.54, 1.807) is 16.9 Å². The van der Waals surface area contributed by atoms with E-state index in [4.69, 9.17) is 28.4 Å². The number of hydrogen-bond acceptors (Lipinski definition) is 11. The van der Waals surface area contributed by atoms with E-state index in [9.17, 15) is 18.3 Å². The maximum Gasteiger partial charge on any atom is 0.407 e. The SMILES string of the molecule is CC(C)CN(CC(O)C(Cc1ccc(OCCn2cccn2)cc1)NC(=O)OC1COC2OCCC12)S(=O)(=O)c1ccc2c(c1)OCO2. The molecular weight excluding hydrogens is 644 g/mol. The van der Waals surface area contributed by atoms with Crippen molar-refractivity contribution in [1.82, 2.24) is 19.4 Å². The normalized spacial score (nSPS) is 21.3. The number of hydrogen-bond donors (Lipinski definition) is 2. The van der Waals surface area contributed by atoms with E-state index < -0.39 is 40.7 Å². The van der Waals surface area contributed by atoms with Crippen LogP contribution in [0.2, 0.25) is 0 Å². The highest BCUT2D eigenvalue weighted by molar-refractivity contribution is 7.89. The van der Waals surface area contributed by atoms with Crippen LogP contribution in [-0.4, -0.2) is 97.9 Å². The molecule has 5 unspecified atom stereocenters. The van der Waals surface area contributed by atoms with E-state index in [-0.39, 0.29) is 49.6 Å². The highest BCUT2D eigenvalue weighted by Crippen LogP contribution is 2.35. The predicted octanol–water partition coefficient (Wildman–Crippen LogP) is 2.80. The number of carbonyl (C=O) groups is 1. The lowest BCUT2D eigenvalue weighted by Gasteiger charge is -2.31. The number of ether oxygens (including phenoxy) is 6. The van der Waals surface area contributed by atoms with Crippen molar-refractivity contribution >= 4 is 16.1 Å². The minimum Gasteiger partial charge on any atom is -0.492 e. The van der Waals surface area contributed by atoms with Crippen molar-refractivity contribution in [3.63, 3.8) is 0 Å². The molecule has 3 aromatic rings. The fourth-order valence-corrected chi connectivity index (χ4v) is 7.66. The molecule has 0 aliphatic carbocycles. The number of benzene rings is 2. The van der Waals surface area contributed by atoms with Gasteiger partial charge in [-0.1, -0.05) is 26.0 Å². The molecule has 0 saturated carbocycles.